The van der Waals surface area contributed by atoms with E-state index in [4.69, 9.17) is 10.8 Å². The van der Waals surface area contributed by atoms with Gasteiger partial charge in [0.15, 0.2) is 0 Å². The summed E-state index contributed by atoms with van der Waals surface area (Å²) in [6.07, 6.45) is -3.38. The van der Waals surface area contributed by atoms with Crippen LogP contribution in [0.2, 0.25) is 0 Å². The molecule has 0 aliphatic carbocycles. The Labute approximate surface area is 336 Å². The fraction of sp³-hybridized carbons (Fsp3) is 0.432. The van der Waals surface area contributed by atoms with Crippen molar-refractivity contribution in [3.8, 4) is 11.5 Å². The van der Waals surface area contributed by atoms with E-state index in [9.17, 15) is 68.7 Å². The molecule has 7 atom stereocenters. The Bertz CT molecular complexity index is 1870. The summed E-state index contributed by atoms with van der Waals surface area (Å²) in [6, 6.07) is 1.33. The predicted molar refractivity (Wildman–Crippen MR) is 201 cm³/mol. The van der Waals surface area contributed by atoms with Crippen molar-refractivity contribution in [2.24, 2.45) is 5.73 Å². The number of aliphatic carboxylic acids is 3. The van der Waals surface area contributed by atoms with Crippen molar-refractivity contribution in [2.75, 3.05) is 13.1 Å². The van der Waals surface area contributed by atoms with E-state index in [1.807, 2.05) is 0 Å². The number of benzene rings is 2. The molecule has 1 fully saturated rings. The standard InChI is InChI=1S/C37H47N7O15/c1-18(45)31(36(57)44-12-2-3-27(44)37(58)59)43-28(48)17-39-33(54)24(13-19-4-8-21(46)9-5-19)41-35(56)26(16-30(51)52)42-34(55)25(14-20-6-10-22(47)11-7-20)40-32(53)23(38)15-29(49)50/h4-11,18,23-27,31,45-47H,2-3,12-17,38H2,1H3,(H,39,54)(H,40,53)(H,41,56)(H,42,55)(H,43,48)(H,49,50)(H,51,52)(H,58,59)/t18-,23+,24+,25+,26+,27+,31+/m1/s1. The van der Waals surface area contributed by atoms with E-state index in [0.29, 0.717) is 17.5 Å². The molecule has 3 rings (SSSR count). The lowest BCUT2D eigenvalue weighted by Crippen LogP contribution is -2.59. The second-order valence-corrected chi connectivity index (χ2v) is 13.8. The molecule has 320 valence electrons. The number of phenols is 2. The molecule has 0 saturated carbocycles. The smallest absolute Gasteiger partial charge is 0.326 e. The highest BCUT2D eigenvalue weighted by molar-refractivity contribution is 5.98. The van der Waals surface area contributed by atoms with Gasteiger partial charge in [0.05, 0.1) is 31.5 Å². The Balaban J connectivity index is 1.81. The van der Waals surface area contributed by atoms with Crippen LogP contribution < -0.4 is 32.3 Å². The third kappa shape index (κ3) is 14.6. The van der Waals surface area contributed by atoms with Gasteiger partial charge < -0.3 is 67.9 Å². The molecular formula is C37H47N7O15. The molecule has 1 heterocycles. The van der Waals surface area contributed by atoms with E-state index in [0.717, 1.165) is 4.90 Å². The first-order chi connectivity index (χ1) is 27.7. The number of carbonyl (C=O) groups excluding carboxylic acids is 6. The zero-order chi connectivity index (χ0) is 44.0. The van der Waals surface area contributed by atoms with Crippen LogP contribution in [-0.4, -0.2) is 144 Å². The fourth-order valence-corrected chi connectivity index (χ4v) is 6.01. The van der Waals surface area contributed by atoms with Crippen LogP contribution in [0.4, 0.5) is 0 Å². The van der Waals surface area contributed by atoms with Crippen LogP contribution in [-0.2, 0) is 56.0 Å². The molecule has 13 N–H and O–H groups in total. The lowest BCUT2D eigenvalue weighted by Gasteiger charge is -2.29. The quantitative estimate of drug-likeness (QED) is 0.0585. The van der Waals surface area contributed by atoms with Crippen molar-refractivity contribution in [3.63, 3.8) is 0 Å². The summed E-state index contributed by atoms with van der Waals surface area (Å²) in [6.45, 7) is 0.445. The summed E-state index contributed by atoms with van der Waals surface area (Å²) >= 11 is 0. The van der Waals surface area contributed by atoms with E-state index in [1.165, 1.54) is 55.5 Å². The van der Waals surface area contributed by atoms with Crippen LogP contribution in [0, 0.1) is 0 Å². The van der Waals surface area contributed by atoms with Crippen molar-refractivity contribution >= 4 is 53.4 Å². The van der Waals surface area contributed by atoms with E-state index in [1.54, 1.807) is 0 Å². The van der Waals surface area contributed by atoms with E-state index >= 15 is 0 Å². The monoisotopic (exact) mass is 829 g/mol. The largest absolute Gasteiger partial charge is 0.508 e. The molecular weight excluding hydrogens is 782 g/mol. The number of aliphatic hydroxyl groups is 1. The first-order valence-electron chi connectivity index (χ1n) is 18.2. The minimum Gasteiger partial charge on any atom is -0.508 e. The summed E-state index contributed by atoms with van der Waals surface area (Å²) in [7, 11) is 0. The van der Waals surface area contributed by atoms with E-state index in [-0.39, 0.29) is 37.3 Å². The summed E-state index contributed by atoms with van der Waals surface area (Å²) < 4.78 is 0. The molecule has 0 radical (unpaired) electrons. The molecule has 1 aliphatic rings. The number of nitrogens with zero attached hydrogens (tertiary/aromatic N) is 1. The maximum Gasteiger partial charge on any atom is 0.326 e. The number of carboxylic acids is 3. The number of hydrogen-bond acceptors (Lipinski definition) is 13. The second kappa shape index (κ2) is 21.6. The first kappa shape index (κ1) is 46.6. The molecule has 0 bridgehead atoms. The molecule has 22 nitrogen and oxygen atoms in total. The van der Waals surface area contributed by atoms with Gasteiger partial charge in [-0.05, 0) is 55.2 Å². The normalized spacial score (nSPS) is 16.5. The highest BCUT2D eigenvalue weighted by atomic mass is 16.4. The van der Waals surface area contributed by atoms with Crippen molar-refractivity contribution < 1.29 is 73.8 Å². The highest BCUT2D eigenvalue weighted by Crippen LogP contribution is 2.19. The van der Waals surface area contributed by atoms with Gasteiger partial charge in [-0.3, -0.25) is 38.4 Å². The Morgan fingerprint density at radius 2 is 1.17 bits per heavy atom. The number of carbonyl (C=O) groups is 9. The first-order valence-corrected chi connectivity index (χ1v) is 18.2. The van der Waals surface area contributed by atoms with Gasteiger partial charge in [-0.15, -0.1) is 0 Å². The number of carboxylic acid groups (broad SMARTS) is 3. The van der Waals surface area contributed by atoms with E-state index < -0.39 is 115 Å². The van der Waals surface area contributed by atoms with Gasteiger partial charge in [0.1, 0.15) is 41.7 Å². The lowest BCUT2D eigenvalue weighted by atomic mass is 10.0. The van der Waals surface area contributed by atoms with Crippen molar-refractivity contribution in [3.05, 3.63) is 59.7 Å². The number of aromatic hydroxyl groups is 2. The summed E-state index contributed by atoms with van der Waals surface area (Å²) in [4.78, 5) is 115. The van der Waals surface area contributed by atoms with Crippen molar-refractivity contribution in [1.29, 1.82) is 0 Å². The molecule has 1 saturated heterocycles. The van der Waals surface area contributed by atoms with Crippen LogP contribution in [0.3, 0.4) is 0 Å². The second-order valence-electron chi connectivity index (χ2n) is 13.8. The molecule has 0 aromatic heterocycles. The SMILES string of the molecule is C[C@@H](O)[C@H](NC(=O)CNC(=O)[C@H](Cc1ccc(O)cc1)NC(=O)[C@H](CC(=O)O)NC(=O)[C@H](Cc1ccc(O)cc1)NC(=O)[C@@H](N)CC(=O)O)C(=O)N1CCC[C@H]1C(=O)O. The van der Waals surface area contributed by atoms with Gasteiger partial charge in [0, 0.05) is 19.4 Å². The van der Waals surface area contributed by atoms with Crippen LogP contribution in [0.15, 0.2) is 48.5 Å². The molecule has 2 aromatic rings. The highest BCUT2D eigenvalue weighted by Gasteiger charge is 2.39. The predicted octanol–water partition coefficient (Wildman–Crippen LogP) is -3.33. The summed E-state index contributed by atoms with van der Waals surface area (Å²) in [5.74, 6) is -10.8. The van der Waals surface area contributed by atoms with Gasteiger partial charge >= 0.3 is 17.9 Å². The number of phenolic OH excluding ortho intramolecular Hbond substituents is 2. The van der Waals surface area contributed by atoms with Crippen LogP contribution in [0.5, 0.6) is 11.5 Å². The number of likely N-dealkylation sites (tertiary alicyclic amines) is 1. The Hall–Kier alpha value is -6.81. The Kier molecular flexibility index (Phi) is 17.1. The number of nitrogens with two attached hydrogens (primary N) is 1. The zero-order valence-electron chi connectivity index (χ0n) is 31.7. The van der Waals surface area contributed by atoms with Gasteiger partial charge in [0.2, 0.25) is 35.4 Å². The summed E-state index contributed by atoms with van der Waals surface area (Å²) in [5, 5.41) is 69.2. The topological polar surface area (TPSA) is 364 Å². The molecule has 59 heavy (non-hydrogen) atoms. The van der Waals surface area contributed by atoms with Crippen LogP contribution in [0.25, 0.3) is 0 Å². The molecule has 0 unspecified atom stereocenters. The molecule has 0 spiro atoms. The third-order valence-electron chi connectivity index (χ3n) is 9.07. The van der Waals surface area contributed by atoms with E-state index in [2.05, 4.69) is 26.6 Å². The van der Waals surface area contributed by atoms with Crippen molar-refractivity contribution in [2.45, 2.75) is 87.8 Å². The number of rotatable bonds is 21. The van der Waals surface area contributed by atoms with Gasteiger partial charge in [0.25, 0.3) is 0 Å². The lowest BCUT2D eigenvalue weighted by molar-refractivity contribution is -0.150. The number of hydrogen-bond donors (Lipinski definition) is 12. The maximum absolute atomic E-state index is 13.7. The van der Waals surface area contributed by atoms with Gasteiger partial charge in [-0.25, -0.2) is 4.79 Å². The number of nitrogens with one attached hydrogen (secondary N) is 5. The average Bonchev–Trinajstić information content (AvgIpc) is 3.67. The maximum atomic E-state index is 13.7. The molecule has 2 aromatic carbocycles. The number of aliphatic hydroxyl groups excluding tert-OH is 1. The van der Waals surface area contributed by atoms with Crippen LogP contribution >= 0.6 is 0 Å². The fourth-order valence-electron chi connectivity index (χ4n) is 6.01. The van der Waals surface area contributed by atoms with Crippen molar-refractivity contribution in [1.82, 2.24) is 31.5 Å². The average molecular weight is 830 g/mol. The zero-order valence-corrected chi connectivity index (χ0v) is 31.7. The van der Waals surface area contributed by atoms with Gasteiger partial charge in [-0.2, -0.15) is 0 Å². The Morgan fingerprint density at radius 3 is 1.66 bits per heavy atom. The minimum absolute atomic E-state index is 0.0717. The Morgan fingerprint density at radius 1 is 0.695 bits per heavy atom. The molecule has 22 heteroatoms. The summed E-state index contributed by atoms with van der Waals surface area (Å²) in [5.41, 5.74) is 6.39. The molecule has 1 aliphatic heterocycles. The minimum atomic E-state index is -1.90. The van der Waals surface area contributed by atoms with Gasteiger partial charge in [-0.1, -0.05) is 24.3 Å². The van der Waals surface area contributed by atoms with Crippen LogP contribution in [0.1, 0.15) is 43.7 Å². The third-order valence-corrected chi connectivity index (χ3v) is 9.07. The molecule has 6 amide bonds. The number of amides is 6.